The summed E-state index contributed by atoms with van der Waals surface area (Å²) < 4.78 is 6.23. The molecule has 3 rings (SSSR count). The van der Waals surface area contributed by atoms with Gasteiger partial charge in [-0.2, -0.15) is 0 Å². The van der Waals surface area contributed by atoms with E-state index in [-0.39, 0.29) is 0 Å². The van der Waals surface area contributed by atoms with Crippen LogP contribution in [0.2, 0.25) is 0 Å². The van der Waals surface area contributed by atoms with Crippen LogP contribution in [0.25, 0.3) is 0 Å². The van der Waals surface area contributed by atoms with Crippen LogP contribution in [0.1, 0.15) is 37.3 Å². The standard InChI is InChI=1S/C22H29NO/c1-18(16-23-17-19-10-9-11-19)22(24-2,20-12-5-3-6-13-20)21-14-7-4-8-15-21/h3-8,12-15,18-19,23H,9-11,16-17H2,1-2H3. The minimum atomic E-state index is -0.421. The molecule has 0 heterocycles. The van der Waals surface area contributed by atoms with Crippen LogP contribution in [-0.4, -0.2) is 20.2 Å². The Morgan fingerprint density at radius 2 is 1.54 bits per heavy atom. The Kier molecular flexibility index (Phi) is 5.70. The fourth-order valence-corrected chi connectivity index (χ4v) is 3.89. The molecule has 1 atom stereocenters. The van der Waals surface area contributed by atoms with Crippen LogP contribution < -0.4 is 5.32 Å². The zero-order chi connectivity index (χ0) is 16.8. The van der Waals surface area contributed by atoms with Gasteiger partial charge in [0.25, 0.3) is 0 Å². The zero-order valence-corrected chi connectivity index (χ0v) is 14.9. The molecule has 2 aromatic carbocycles. The van der Waals surface area contributed by atoms with Gasteiger partial charge in [0.15, 0.2) is 0 Å². The van der Waals surface area contributed by atoms with E-state index in [2.05, 4.69) is 72.9 Å². The molecule has 128 valence electrons. The Hall–Kier alpha value is -1.64. The van der Waals surface area contributed by atoms with E-state index in [0.717, 1.165) is 19.0 Å². The van der Waals surface area contributed by atoms with Crippen molar-refractivity contribution in [1.82, 2.24) is 5.32 Å². The molecule has 1 aliphatic rings. The van der Waals surface area contributed by atoms with Crippen molar-refractivity contribution in [3.05, 3.63) is 71.8 Å². The van der Waals surface area contributed by atoms with Gasteiger partial charge in [0, 0.05) is 19.6 Å². The van der Waals surface area contributed by atoms with Crippen molar-refractivity contribution in [2.75, 3.05) is 20.2 Å². The first-order valence-corrected chi connectivity index (χ1v) is 9.14. The Morgan fingerprint density at radius 1 is 1.00 bits per heavy atom. The number of hydrogen-bond donors (Lipinski definition) is 1. The van der Waals surface area contributed by atoms with Crippen LogP contribution in [0.4, 0.5) is 0 Å². The summed E-state index contributed by atoms with van der Waals surface area (Å²) in [5.41, 5.74) is 2.02. The van der Waals surface area contributed by atoms with E-state index in [4.69, 9.17) is 4.74 Å². The van der Waals surface area contributed by atoms with Gasteiger partial charge in [-0.1, -0.05) is 74.0 Å². The van der Waals surface area contributed by atoms with Gasteiger partial charge >= 0.3 is 0 Å². The molecule has 1 fully saturated rings. The third kappa shape index (κ3) is 3.40. The highest BCUT2D eigenvalue weighted by Crippen LogP contribution is 2.40. The summed E-state index contributed by atoms with van der Waals surface area (Å²) in [6.07, 6.45) is 4.17. The van der Waals surface area contributed by atoms with Crippen LogP contribution in [0.3, 0.4) is 0 Å². The molecular formula is C22H29NO. The van der Waals surface area contributed by atoms with E-state index in [9.17, 15) is 0 Å². The SMILES string of the molecule is COC(c1ccccc1)(c1ccccc1)C(C)CNCC1CCC1. The van der Waals surface area contributed by atoms with E-state index in [1.165, 1.54) is 30.4 Å². The van der Waals surface area contributed by atoms with Gasteiger partial charge in [-0.25, -0.2) is 0 Å². The van der Waals surface area contributed by atoms with Crippen LogP contribution in [-0.2, 0) is 10.3 Å². The summed E-state index contributed by atoms with van der Waals surface area (Å²) in [5.74, 6) is 1.20. The lowest BCUT2D eigenvalue weighted by Gasteiger charge is -2.39. The average molecular weight is 323 g/mol. The number of rotatable bonds is 8. The maximum absolute atomic E-state index is 6.23. The average Bonchev–Trinajstić information content (AvgIpc) is 2.60. The normalized spacial score (nSPS) is 16.6. The zero-order valence-electron chi connectivity index (χ0n) is 14.9. The molecule has 1 unspecified atom stereocenters. The van der Waals surface area contributed by atoms with Gasteiger partial charge in [0.05, 0.1) is 0 Å². The number of methoxy groups -OCH3 is 1. The molecular weight excluding hydrogens is 294 g/mol. The second-order valence-corrected chi connectivity index (χ2v) is 7.03. The van der Waals surface area contributed by atoms with Crippen molar-refractivity contribution >= 4 is 0 Å². The van der Waals surface area contributed by atoms with Crippen LogP contribution in [0.5, 0.6) is 0 Å². The Morgan fingerprint density at radius 3 is 1.96 bits per heavy atom. The lowest BCUT2D eigenvalue weighted by molar-refractivity contribution is -0.0234. The summed E-state index contributed by atoms with van der Waals surface area (Å²) in [6, 6.07) is 21.2. The molecule has 0 spiro atoms. The van der Waals surface area contributed by atoms with Gasteiger partial charge in [-0.3, -0.25) is 0 Å². The molecule has 1 saturated carbocycles. The van der Waals surface area contributed by atoms with Crippen LogP contribution in [0.15, 0.2) is 60.7 Å². The van der Waals surface area contributed by atoms with E-state index < -0.39 is 5.60 Å². The minimum Gasteiger partial charge on any atom is -0.368 e. The molecule has 2 heteroatoms. The van der Waals surface area contributed by atoms with Gasteiger partial charge < -0.3 is 10.1 Å². The fraction of sp³-hybridized carbons (Fsp3) is 0.455. The summed E-state index contributed by atoms with van der Waals surface area (Å²) in [4.78, 5) is 0. The molecule has 2 nitrogen and oxygen atoms in total. The Bertz CT molecular complexity index is 567. The predicted octanol–water partition coefficient (Wildman–Crippen LogP) is 4.60. The second kappa shape index (κ2) is 7.96. The van der Waals surface area contributed by atoms with Crippen molar-refractivity contribution in [2.45, 2.75) is 31.8 Å². The van der Waals surface area contributed by atoms with Crippen LogP contribution >= 0.6 is 0 Å². The van der Waals surface area contributed by atoms with Crippen LogP contribution in [0, 0.1) is 11.8 Å². The van der Waals surface area contributed by atoms with Crippen molar-refractivity contribution in [1.29, 1.82) is 0 Å². The maximum atomic E-state index is 6.23. The summed E-state index contributed by atoms with van der Waals surface area (Å²) in [5, 5.41) is 3.69. The highest BCUT2D eigenvalue weighted by Gasteiger charge is 2.39. The van der Waals surface area contributed by atoms with Gasteiger partial charge in [-0.15, -0.1) is 0 Å². The van der Waals surface area contributed by atoms with Gasteiger partial charge in [0.1, 0.15) is 5.60 Å². The van der Waals surface area contributed by atoms with Crippen molar-refractivity contribution in [2.24, 2.45) is 11.8 Å². The smallest absolute Gasteiger partial charge is 0.121 e. The third-order valence-corrected chi connectivity index (χ3v) is 5.53. The third-order valence-electron chi connectivity index (χ3n) is 5.53. The lowest BCUT2D eigenvalue weighted by Crippen LogP contribution is -2.43. The molecule has 0 aromatic heterocycles. The minimum absolute atomic E-state index is 0.326. The van der Waals surface area contributed by atoms with E-state index in [1.807, 2.05) is 7.11 Å². The molecule has 2 aromatic rings. The Labute approximate surface area is 146 Å². The summed E-state index contributed by atoms with van der Waals surface area (Å²) in [7, 11) is 1.84. The Balaban J connectivity index is 1.85. The second-order valence-electron chi connectivity index (χ2n) is 7.03. The number of nitrogens with one attached hydrogen (secondary N) is 1. The van der Waals surface area contributed by atoms with E-state index in [1.54, 1.807) is 0 Å². The first kappa shape index (κ1) is 17.2. The maximum Gasteiger partial charge on any atom is 0.121 e. The first-order valence-electron chi connectivity index (χ1n) is 9.14. The quantitative estimate of drug-likeness (QED) is 0.766. The molecule has 0 radical (unpaired) electrons. The van der Waals surface area contributed by atoms with Gasteiger partial charge in [-0.05, 0) is 36.4 Å². The molecule has 24 heavy (non-hydrogen) atoms. The predicted molar refractivity (Wildman–Crippen MR) is 100 cm³/mol. The number of ether oxygens (including phenoxy) is 1. The van der Waals surface area contributed by atoms with Crippen molar-refractivity contribution in [3.8, 4) is 0 Å². The van der Waals surface area contributed by atoms with E-state index in [0.29, 0.717) is 5.92 Å². The monoisotopic (exact) mass is 323 g/mol. The molecule has 1 N–H and O–H groups in total. The van der Waals surface area contributed by atoms with Crippen molar-refractivity contribution < 1.29 is 4.74 Å². The molecule has 0 saturated heterocycles. The molecule has 0 amide bonds. The highest BCUT2D eigenvalue weighted by atomic mass is 16.5. The number of benzene rings is 2. The van der Waals surface area contributed by atoms with E-state index >= 15 is 0 Å². The molecule has 1 aliphatic carbocycles. The largest absolute Gasteiger partial charge is 0.368 e. The fourth-order valence-electron chi connectivity index (χ4n) is 3.89. The molecule has 0 bridgehead atoms. The lowest BCUT2D eigenvalue weighted by atomic mass is 9.76. The summed E-state index contributed by atoms with van der Waals surface area (Å²) >= 11 is 0. The first-order chi connectivity index (χ1) is 11.8. The van der Waals surface area contributed by atoms with Gasteiger partial charge in [0.2, 0.25) is 0 Å². The van der Waals surface area contributed by atoms with Crippen molar-refractivity contribution in [3.63, 3.8) is 0 Å². The number of hydrogen-bond acceptors (Lipinski definition) is 2. The highest BCUT2D eigenvalue weighted by molar-refractivity contribution is 5.37. The summed E-state index contributed by atoms with van der Waals surface area (Å²) in [6.45, 7) is 4.37. The molecule has 0 aliphatic heterocycles. The topological polar surface area (TPSA) is 21.3 Å².